The van der Waals surface area contributed by atoms with Crippen LogP contribution in [0, 0.1) is 0 Å². The average Bonchev–Trinajstić information content (AvgIpc) is 2.91. The maximum Gasteiger partial charge on any atom is 0.410 e. The Labute approximate surface area is 171 Å². The van der Waals surface area contributed by atoms with E-state index in [0.717, 1.165) is 31.2 Å². The highest BCUT2D eigenvalue weighted by atomic mass is 35.5. The third-order valence-electron chi connectivity index (χ3n) is 5.18. The number of carbonyl (C=O) groups is 2. The minimum Gasteiger partial charge on any atom is -0.445 e. The molecule has 2 fully saturated rings. The third-order valence-corrected chi connectivity index (χ3v) is 6.67. The second-order valence-corrected chi connectivity index (χ2v) is 8.43. The van der Waals surface area contributed by atoms with Gasteiger partial charge >= 0.3 is 6.09 Å². The maximum absolute atomic E-state index is 12.8. The topological polar surface area (TPSA) is 49.9 Å². The molecule has 0 aliphatic carbocycles. The first kappa shape index (κ1) is 20.2. The van der Waals surface area contributed by atoms with E-state index in [9.17, 15) is 9.59 Å². The normalized spacial score (nSPS) is 23.9. The van der Waals surface area contributed by atoms with Crippen molar-refractivity contribution < 1.29 is 14.3 Å². The van der Waals surface area contributed by atoms with Crippen LogP contribution in [0.1, 0.15) is 31.2 Å². The first-order chi connectivity index (χ1) is 13.0. The Morgan fingerprint density at radius 3 is 2.67 bits per heavy atom. The van der Waals surface area contributed by atoms with E-state index in [4.69, 9.17) is 28.1 Å². The molecular weight excluding hydrogens is 403 g/mol. The predicted molar refractivity (Wildman–Crippen MR) is 110 cm³/mol. The highest BCUT2D eigenvalue weighted by molar-refractivity contribution is 7.95. The summed E-state index contributed by atoms with van der Waals surface area (Å²) >= 11 is 11.3. The summed E-state index contributed by atoms with van der Waals surface area (Å²) in [6.45, 7) is 3.79. The van der Waals surface area contributed by atoms with Crippen LogP contribution in [0.15, 0.2) is 36.9 Å². The maximum atomic E-state index is 12.8. The summed E-state index contributed by atoms with van der Waals surface area (Å²) in [7, 11) is 0.519. The second-order valence-electron chi connectivity index (χ2n) is 6.91. The van der Waals surface area contributed by atoms with Gasteiger partial charge in [0.1, 0.15) is 6.61 Å². The lowest BCUT2D eigenvalue weighted by Gasteiger charge is -2.41. The lowest BCUT2D eigenvalue weighted by atomic mass is 9.97. The molecule has 0 aromatic heterocycles. The van der Waals surface area contributed by atoms with Crippen molar-refractivity contribution >= 4 is 42.9 Å². The molecule has 0 N–H and O–H groups in total. The fraction of sp³-hybridized carbons (Fsp3) is 0.474. The van der Waals surface area contributed by atoms with Gasteiger partial charge in [-0.2, -0.15) is 0 Å². The number of fused-ring (bicyclic) bond motifs is 2. The summed E-state index contributed by atoms with van der Waals surface area (Å²) < 4.78 is 6.98. The number of rotatable bonds is 6. The molecule has 0 unspecified atom stereocenters. The van der Waals surface area contributed by atoms with Crippen LogP contribution >= 0.6 is 19.1 Å². The summed E-state index contributed by atoms with van der Waals surface area (Å²) in [5.41, 5.74) is 0.879. The largest absolute Gasteiger partial charge is 0.445 e. The van der Waals surface area contributed by atoms with E-state index >= 15 is 0 Å². The molecule has 0 spiro atoms. The molecule has 1 aromatic rings. The standard InChI is InChI=1S/C19H22ClN2O3PS/c1-2-8-25-19(24)21-15-6-7-16(21)12-17(11-15)22(26-27)18(23)10-13-4-3-5-14(20)9-13/h2-5,9,15-17H,1,6-8,10-12H2/t15-,16+,17+. The summed E-state index contributed by atoms with van der Waals surface area (Å²) in [5, 5.41) is 0.618. The van der Waals surface area contributed by atoms with Gasteiger partial charge in [-0.05, 0) is 55.2 Å². The molecule has 2 amide bonds. The molecule has 0 saturated carbocycles. The van der Waals surface area contributed by atoms with Crippen LogP contribution in [0.5, 0.6) is 0 Å². The Kier molecular flexibility index (Phi) is 6.85. The van der Waals surface area contributed by atoms with Crippen molar-refractivity contribution in [3.8, 4) is 0 Å². The number of amides is 2. The highest BCUT2D eigenvalue weighted by Crippen LogP contribution is 2.39. The van der Waals surface area contributed by atoms with E-state index in [0.29, 0.717) is 12.5 Å². The highest BCUT2D eigenvalue weighted by Gasteiger charge is 2.46. The summed E-state index contributed by atoms with van der Waals surface area (Å²) in [4.78, 5) is 27.0. The number of benzene rings is 1. The van der Waals surface area contributed by atoms with Crippen LogP contribution in [0.3, 0.4) is 0 Å². The molecule has 5 nitrogen and oxygen atoms in total. The third kappa shape index (κ3) is 4.68. The molecule has 27 heavy (non-hydrogen) atoms. The molecule has 2 bridgehead atoms. The number of nitrogens with zero attached hydrogens (tertiary/aromatic N) is 2. The van der Waals surface area contributed by atoms with Crippen molar-refractivity contribution in [2.24, 2.45) is 0 Å². The van der Waals surface area contributed by atoms with Crippen molar-refractivity contribution in [1.82, 2.24) is 9.57 Å². The zero-order valence-electron chi connectivity index (χ0n) is 14.9. The number of halogens is 1. The second kappa shape index (κ2) is 9.13. The van der Waals surface area contributed by atoms with Crippen LogP contribution in [0.4, 0.5) is 4.79 Å². The lowest BCUT2D eigenvalue weighted by molar-refractivity contribution is -0.127. The van der Waals surface area contributed by atoms with Gasteiger partial charge in [0.2, 0.25) is 5.91 Å². The number of piperidine rings is 1. The van der Waals surface area contributed by atoms with E-state index in [2.05, 4.69) is 6.58 Å². The molecule has 2 aliphatic rings. The van der Waals surface area contributed by atoms with Gasteiger partial charge in [0.05, 0.1) is 13.9 Å². The summed E-state index contributed by atoms with van der Waals surface area (Å²) in [5.74, 6) is 0.000942. The van der Waals surface area contributed by atoms with Gasteiger partial charge in [-0.15, -0.1) is 0 Å². The minimum absolute atomic E-state index is 0.000942. The van der Waals surface area contributed by atoms with Gasteiger partial charge in [-0.1, -0.05) is 36.4 Å². The zero-order chi connectivity index (χ0) is 19.4. The fourth-order valence-electron chi connectivity index (χ4n) is 4.07. The van der Waals surface area contributed by atoms with Gasteiger partial charge in [-0.3, -0.25) is 9.46 Å². The SMILES string of the molecule is C=CCOC(=O)N1[C@@H]2CC[C@H]1C[C@@H](N(P=S)C(=O)Cc1cccc(Cl)c1)C2. The van der Waals surface area contributed by atoms with Crippen molar-refractivity contribution in [2.75, 3.05) is 6.61 Å². The van der Waals surface area contributed by atoms with Gasteiger partial charge in [-0.25, -0.2) is 4.79 Å². The zero-order valence-corrected chi connectivity index (χ0v) is 17.4. The van der Waals surface area contributed by atoms with E-state index in [1.165, 1.54) is 0 Å². The van der Waals surface area contributed by atoms with Crippen molar-refractivity contribution in [3.63, 3.8) is 0 Å². The van der Waals surface area contributed by atoms with Crippen LogP contribution in [-0.2, 0) is 27.8 Å². The number of hydrogen-bond donors (Lipinski definition) is 0. The van der Waals surface area contributed by atoms with Crippen molar-refractivity contribution in [1.29, 1.82) is 0 Å². The molecule has 0 radical (unpaired) electrons. The Morgan fingerprint density at radius 1 is 1.37 bits per heavy atom. The van der Waals surface area contributed by atoms with Gasteiger partial charge in [0.15, 0.2) is 0 Å². The van der Waals surface area contributed by atoms with Crippen LogP contribution < -0.4 is 0 Å². The molecule has 144 valence electrons. The quantitative estimate of drug-likeness (QED) is 0.503. The molecule has 2 saturated heterocycles. The van der Waals surface area contributed by atoms with Crippen LogP contribution in [0.25, 0.3) is 0 Å². The van der Waals surface area contributed by atoms with E-state index in [1.54, 1.807) is 22.9 Å². The van der Waals surface area contributed by atoms with Crippen molar-refractivity contribution in [2.45, 2.75) is 50.2 Å². The monoisotopic (exact) mass is 424 g/mol. The molecule has 3 atom stereocenters. The van der Waals surface area contributed by atoms with Crippen molar-refractivity contribution in [3.05, 3.63) is 47.5 Å². The first-order valence-corrected chi connectivity index (χ1v) is 11.2. The minimum atomic E-state index is -0.284. The molecular formula is C19H22ClN2O3PS. The Balaban J connectivity index is 1.66. The average molecular weight is 425 g/mol. The Morgan fingerprint density at radius 2 is 2.07 bits per heavy atom. The molecule has 1 aromatic carbocycles. The molecule has 8 heteroatoms. The fourth-order valence-corrected chi connectivity index (χ4v) is 5.44. The predicted octanol–water partition coefficient (Wildman–Crippen LogP) is 4.35. The van der Waals surface area contributed by atoms with Crippen LogP contribution in [0.2, 0.25) is 5.02 Å². The number of hydrogen-bond acceptors (Lipinski definition) is 4. The summed E-state index contributed by atoms with van der Waals surface area (Å²) in [6, 6.07) is 7.58. The lowest BCUT2D eigenvalue weighted by Crippen LogP contribution is -2.52. The van der Waals surface area contributed by atoms with E-state index in [1.807, 2.05) is 17.0 Å². The smallest absolute Gasteiger partial charge is 0.410 e. The molecule has 3 rings (SSSR count). The van der Waals surface area contributed by atoms with Crippen LogP contribution in [-0.4, -0.2) is 46.3 Å². The number of ether oxygens (including phenoxy) is 1. The summed E-state index contributed by atoms with van der Waals surface area (Å²) in [6.07, 6.45) is 4.92. The Bertz CT molecular complexity index is 733. The van der Waals surface area contributed by atoms with E-state index in [-0.39, 0.29) is 43.2 Å². The van der Waals surface area contributed by atoms with Gasteiger partial charge < -0.3 is 9.64 Å². The Hall–Kier alpha value is -1.49. The van der Waals surface area contributed by atoms with Gasteiger partial charge in [0.25, 0.3) is 0 Å². The van der Waals surface area contributed by atoms with Gasteiger partial charge in [0, 0.05) is 23.1 Å². The number of carbonyl (C=O) groups excluding carboxylic acids is 2. The van der Waals surface area contributed by atoms with E-state index < -0.39 is 0 Å². The molecule has 2 heterocycles. The first-order valence-electron chi connectivity index (χ1n) is 8.99. The molecule has 2 aliphatic heterocycles.